The molecule has 2 aromatic carbocycles. The molecule has 0 N–H and O–H groups in total. The van der Waals surface area contributed by atoms with E-state index in [0.29, 0.717) is 23.7 Å². The van der Waals surface area contributed by atoms with Crippen LogP contribution in [0, 0.1) is 5.82 Å². The topological polar surface area (TPSA) is 38.1 Å². The molecule has 0 atom stereocenters. The van der Waals surface area contributed by atoms with Crippen LogP contribution in [-0.4, -0.2) is 26.9 Å². The van der Waals surface area contributed by atoms with E-state index in [1.165, 1.54) is 18.2 Å². The van der Waals surface area contributed by atoms with Crippen molar-refractivity contribution in [2.45, 2.75) is 13.1 Å². The first kappa shape index (κ1) is 18.9. The molecule has 0 fully saturated rings. The lowest BCUT2D eigenvalue weighted by Gasteiger charge is -2.21. The Morgan fingerprint density at radius 2 is 2.07 bits per heavy atom. The van der Waals surface area contributed by atoms with Gasteiger partial charge in [-0.05, 0) is 35.9 Å². The fourth-order valence-corrected chi connectivity index (χ4v) is 3.03. The van der Waals surface area contributed by atoms with Crippen molar-refractivity contribution in [1.82, 2.24) is 14.5 Å². The number of imidazole rings is 1. The Hall–Kier alpha value is -2.92. The average Bonchev–Trinajstić information content (AvgIpc) is 3.07. The lowest BCUT2D eigenvalue weighted by Crippen LogP contribution is -2.32. The lowest BCUT2D eigenvalue weighted by atomic mass is 10.2. The zero-order valence-electron chi connectivity index (χ0n) is 14.7. The number of hydrogen-bond acceptors (Lipinski definition) is 2. The van der Waals surface area contributed by atoms with Crippen LogP contribution in [0.3, 0.4) is 0 Å². The van der Waals surface area contributed by atoms with E-state index in [4.69, 9.17) is 11.6 Å². The summed E-state index contributed by atoms with van der Waals surface area (Å²) in [7, 11) is 0. The van der Waals surface area contributed by atoms with Gasteiger partial charge in [0.1, 0.15) is 11.6 Å². The molecule has 4 nitrogen and oxygen atoms in total. The van der Waals surface area contributed by atoms with Crippen LogP contribution in [0.1, 0.15) is 21.7 Å². The predicted octanol–water partition coefficient (Wildman–Crippen LogP) is 4.55. The fraction of sp³-hybridized carbons (Fsp3) is 0.143. The normalized spacial score (nSPS) is 10.6. The van der Waals surface area contributed by atoms with Crippen molar-refractivity contribution in [1.29, 1.82) is 0 Å². The van der Waals surface area contributed by atoms with Gasteiger partial charge in [-0.3, -0.25) is 4.79 Å². The second-order valence-corrected chi connectivity index (χ2v) is 6.52. The van der Waals surface area contributed by atoms with E-state index < -0.39 is 5.82 Å². The molecule has 1 amide bonds. The highest BCUT2D eigenvalue weighted by Gasteiger charge is 2.18. The van der Waals surface area contributed by atoms with Crippen LogP contribution in [0.15, 0.2) is 73.6 Å². The van der Waals surface area contributed by atoms with Gasteiger partial charge in [-0.15, -0.1) is 6.58 Å². The van der Waals surface area contributed by atoms with Gasteiger partial charge in [0.2, 0.25) is 0 Å². The minimum absolute atomic E-state index is 0.272. The van der Waals surface area contributed by atoms with Crippen LogP contribution in [0.25, 0.3) is 0 Å². The van der Waals surface area contributed by atoms with Crippen LogP contribution < -0.4 is 0 Å². The Labute approximate surface area is 162 Å². The van der Waals surface area contributed by atoms with E-state index in [2.05, 4.69) is 11.6 Å². The standard InChI is InChI=1S/C21H19ClFN3O/c1-2-10-26(21(27)17-6-4-8-19(23)13-17)15-20-24-9-11-25(20)14-16-5-3-7-18(22)12-16/h2-9,11-13H,1,10,14-15H2. The molecule has 0 aliphatic heterocycles. The Balaban J connectivity index is 1.80. The summed E-state index contributed by atoms with van der Waals surface area (Å²) in [6.45, 7) is 4.92. The van der Waals surface area contributed by atoms with E-state index in [1.54, 1.807) is 23.2 Å². The van der Waals surface area contributed by atoms with E-state index in [9.17, 15) is 9.18 Å². The molecule has 0 radical (unpaired) electrons. The van der Waals surface area contributed by atoms with Crippen LogP contribution in [-0.2, 0) is 13.1 Å². The van der Waals surface area contributed by atoms with Crippen molar-refractivity contribution in [3.8, 4) is 0 Å². The van der Waals surface area contributed by atoms with Gasteiger partial charge in [0.15, 0.2) is 0 Å². The largest absolute Gasteiger partial charge is 0.329 e. The average molecular weight is 384 g/mol. The van der Waals surface area contributed by atoms with E-state index in [-0.39, 0.29) is 12.5 Å². The first-order valence-corrected chi connectivity index (χ1v) is 8.85. The minimum Gasteiger partial charge on any atom is -0.329 e. The van der Waals surface area contributed by atoms with Crippen LogP contribution in [0.4, 0.5) is 4.39 Å². The van der Waals surface area contributed by atoms with Gasteiger partial charge < -0.3 is 9.47 Å². The van der Waals surface area contributed by atoms with Gasteiger partial charge in [0, 0.05) is 36.1 Å². The van der Waals surface area contributed by atoms with Crippen molar-refractivity contribution in [3.63, 3.8) is 0 Å². The number of carbonyl (C=O) groups excluding carboxylic acids is 1. The highest BCUT2D eigenvalue weighted by atomic mass is 35.5. The van der Waals surface area contributed by atoms with Crippen molar-refractivity contribution in [3.05, 3.63) is 101 Å². The number of benzene rings is 2. The van der Waals surface area contributed by atoms with Crippen LogP contribution in [0.5, 0.6) is 0 Å². The highest BCUT2D eigenvalue weighted by Crippen LogP contribution is 2.15. The van der Waals surface area contributed by atoms with Crippen molar-refractivity contribution < 1.29 is 9.18 Å². The van der Waals surface area contributed by atoms with E-state index in [1.807, 2.05) is 35.0 Å². The molecule has 3 aromatic rings. The van der Waals surface area contributed by atoms with Gasteiger partial charge in [0.05, 0.1) is 6.54 Å². The molecule has 0 spiro atoms. The number of halogens is 2. The molecule has 6 heteroatoms. The molecular weight excluding hydrogens is 365 g/mol. The molecule has 27 heavy (non-hydrogen) atoms. The number of nitrogens with zero attached hydrogens (tertiary/aromatic N) is 3. The third-order valence-corrected chi connectivity index (χ3v) is 4.32. The molecule has 0 bridgehead atoms. The molecular formula is C21H19ClFN3O. The summed E-state index contributed by atoms with van der Waals surface area (Å²) in [5, 5.41) is 0.670. The minimum atomic E-state index is -0.443. The summed E-state index contributed by atoms with van der Waals surface area (Å²) in [5.41, 5.74) is 1.33. The van der Waals surface area contributed by atoms with Gasteiger partial charge in [-0.1, -0.05) is 35.9 Å². The first-order chi connectivity index (χ1) is 13.1. The molecule has 0 aliphatic carbocycles. The summed E-state index contributed by atoms with van der Waals surface area (Å²) >= 11 is 6.05. The molecule has 0 saturated heterocycles. The molecule has 1 aromatic heterocycles. The third-order valence-electron chi connectivity index (χ3n) is 4.08. The number of amides is 1. The molecule has 1 heterocycles. The Morgan fingerprint density at radius 3 is 2.81 bits per heavy atom. The van der Waals surface area contributed by atoms with Crippen molar-refractivity contribution in [2.75, 3.05) is 6.54 Å². The molecule has 3 rings (SSSR count). The maximum Gasteiger partial charge on any atom is 0.254 e. The zero-order chi connectivity index (χ0) is 19.2. The lowest BCUT2D eigenvalue weighted by molar-refractivity contribution is 0.0757. The summed E-state index contributed by atoms with van der Waals surface area (Å²) in [4.78, 5) is 18.7. The fourth-order valence-electron chi connectivity index (χ4n) is 2.82. The Bertz CT molecular complexity index is 954. The molecule has 0 unspecified atom stereocenters. The maximum atomic E-state index is 13.5. The quantitative estimate of drug-likeness (QED) is 0.561. The number of aromatic nitrogens is 2. The van der Waals surface area contributed by atoms with Gasteiger partial charge in [-0.2, -0.15) is 0 Å². The van der Waals surface area contributed by atoms with Gasteiger partial charge in [0.25, 0.3) is 5.91 Å². The van der Waals surface area contributed by atoms with Crippen LogP contribution >= 0.6 is 11.6 Å². The Morgan fingerprint density at radius 1 is 1.26 bits per heavy atom. The molecule has 138 valence electrons. The molecule has 0 saturated carbocycles. The number of rotatable bonds is 7. The Kier molecular flexibility index (Phi) is 6.04. The van der Waals surface area contributed by atoms with Crippen molar-refractivity contribution in [2.24, 2.45) is 0 Å². The monoisotopic (exact) mass is 383 g/mol. The number of hydrogen-bond donors (Lipinski definition) is 0. The van der Waals surface area contributed by atoms with Crippen molar-refractivity contribution >= 4 is 17.5 Å². The summed E-state index contributed by atoms with van der Waals surface area (Å²) in [6.07, 6.45) is 5.19. The summed E-state index contributed by atoms with van der Waals surface area (Å²) in [6, 6.07) is 13.3. The van der Waals surface area contributed by atoms with E-state index in [0.717, 1.165) is 11.4 Å². The maximum absolute atomic E-state index is 13.5. The highest BCUT2D eigenvalue weighted by molar-refractivity contribution is 6.30. The third kappa shape index (κ3) is 4.83. The first-order valence-electron chi connectivity index (χ1n) is 8.47. The summed E-state index contributed by atoms with van der Waals surface area (Å²) in [5.74, 6) is 0.00939. The second kappa shape index (κ2) is 8.64. The second-order valence-electron chi connectivity index (χ2n) is 6.09. The smallest absolute Gasteiger partial charge is 0.254 e. The van der Waals surface area contributed by atoms with Gasteiger partial charge in [-0.25, -0.2) is 9.37 Å². The molecule has 0 aliphatic rings. The zero-order valence-corrected chi connectivity index (χ0v) is 15.4. The van der Waals surface area contributed by atoms with E-state index >= 15 is 0 Å². The van der Waals surface area contributed by atoms with Crippen LogP contribution in [0.2, 0.25) is 5.02 Å². The van der Waals surface area contributed by atoms with Gasteiger partial charge >= 0.3 is 0 Å². The number of carbonyl (C=O) groups is 1. The predicted molar refractivity (Wildman–Crippen MR) is 104 cm³/mol. The SMILES string of the molecule is C=CCN(Cc1nccn1Cc1cccc(Cl)c1)C(=O)c1cccc(F)c1. The summed E-state index contributed by atoms with van der Waals surface area (Å²) < 4.78 is 15.4.